The number of hydrogen-bond acceptors (Lipinski definition) is 2. The van der Waals surface area contributed by atoms with Crippen molar-refractivity contribution in [2.75, 3.05) is 18.0 Å². The van der Waals surface area contributed by atoms with E-state index >= 15 is 0 Å². The first-order valence-electron chi connectivity index (χ1n) is 7.92. The van der Waals surface area contributed by atoms with Crippen molar-refractivity contribution in [3.8, 4) is 0 Å². The van der Waals surface area contributed by atoms with E-state index in [1.807, 2.05) is 31.2 Å². The predicted molar refractivity (Wildman–Crippen MR) is 90.4 cm³/mol. The van der Waals surface area contributed by atoms with Crippen molar-refractivity contribution in [1.82, 2.24) is 4.90 Å². The number of piperazine rings is 1. The summed E-state index contributed by atoms with van der Waals surface area (Å²) < 4.78 is 13.0. The number of aryl methyl sites for hydroxylation is 1. The van der Waals surface area contributed by atoms with Gasteiger partial charge in [-0.05, 0) is 49.7 Å². The Hall–Kier alpha value is -2.69. The van der Waals surface area contributed by atoms with Crippen LogP contribution in [0.15, 0.2) is 48.5 Å². The molecule has 3 rings (SSSR count). The van der Waals surface area contributed by atoms with Crippen LogP contribution in [0.2, 0.25) is 0 Å². The van der Waals surface area contributed by atoms with Crippen LogP contribution < -0.4 is 4.90 Å². The van der Waals surface area contributed by atoms with Gasteiger partial charge in [-0.15, -0.1) is 0 Å². The minimum Gasteiger partial charge on any atom is -0.325 e. The molecular formula is C19H19FN2O2. The first-order chi connectivity index (χ1) is 11.5. The fraction of sp³-hybridized carbons (Fsp3) is 0.263. The monoisotopic (exact) mass is 326 g/mol. The molecular weight excluding hydrogens is 307 g/mol. The second kappa shape index (κ2) is 6.43. The summed E-state index contributed by atoms with van der Waals surface area (Å²) >= 11 is 0. The van der Waals surface area contributed by atoms with Gasteiger partial charge in [-0.1, -0.05) is 18.2 Å². The zero-order valence-corrected chi connectivity index (χ0v) is 13.7. The number of halogens is 1. The number of para-hydroxylation sites is 1. The van der Waals surface area contributed by atoms with Crippen molar-refractivity contribution >= 4 is 17.5 Å². The molecule has 2 amide bonds. The quantitative estimate of drug-likeness (QED) is 0.851. The topological polar surface area (TPSA) is 40.6 Å². The van der Waals surface area contributed by atoms with Crippen LogP contribution in [0.1, 0.15) is 22.8 Å². The van der Waals surface area contributed by atoms with E-state index in [1.54, 1.807) is 16.7 Å². The Morgan fingerprint density at radius 1 is 1.08 bits per heavy atom. The van der Waals surface area contributed by atoms with E-state index in [0.717, 1.165) is 11.3 Å². The van der Waals surface area contributed by atoms with Crippen molar-refractivity contribution in [2.45, 2.75) is 19.9 Å². The highest BCUT2D eigenvalue weighted by molar-refractivity contribution is 6.03. The van der Waals surface area contributed by atoms with Crippen LogP contribution >= 0.6 is 0 Å². The van der Waals surface area contributed by atoms with Crippen molar-refractivity contribution in [2.24, 2.45) is 0 Å². The summed E-state index contributed by atoms with van der Waals surface area (Å²) in [4.78, 5) is 28.6. The van der Waals surface area contributed by atoms with Crippen LogP contribution in [0.25, 0.3) is 0 Å². The predicted octanol–water partition coefficient (Wildman–Crippen LogP) is 3.01. The van der Waals surface area contributed by atoms with Crippen LogP contribution in [0, 0.1) is 12.7 Å². The molecule has 124 valence electrons. The molecule has 0 aromatic heterocycles. The molecule has 0 bridgehead atoms. The Labute approximate surface area is 140 Å². The number of rotatable bonds is 2. The summed E-state index contributed by atoms with van der Waals surface area (Å²) in [5, 5.41) is 0. The lowest BCUT2D eigenvalue weighted by Gasteiger charge is -2.39. The van der Waals surface area contributed by atoms with Crippen molar-refractivity contribution in [3.05, 3.63) is 65.5 Å². The van der Waals surface area contributed by atoms with E-state index in [-0.39, 0.29) is 17.6 Å². The molecule has 1 fully saturated rings. The molecule has 0 saturated carbocycles. The second-order valence-corrected chi connectivity index (χ2v) is 5.96. The summed E-state index contributed by atoms with van der Waals surface area (Å²) in [6, 6.07) is 12.5. The number of anilines is 1. The minimum absolute atomic E-state index is 0.106. The summed E-state index contributed by atoms with van der Waals surface area (Å²) in [7, 11) is 0. The van der Waals surface area contributed by atoms with Crippen molar-refractivity contribution in [3.63, 3.8) is 0 Å². The van der Waals surface area contributed by atoms with Gasteiger partial charge >= 0.3 is 0 Å². The van der Waals surface area contributed by atoms with Crippen LogP contribution in [-0.4, -0.2) is 35.8 Å². The lowest BCUT2D eigenvalue weighted by molar-refractivity contribution is -0.124. The van der Waals surface area contributed by atoms with E-state index in [2.05, 4.69) is 0 Å². The molecule has 24 heavy (non-hydrogen) atoms. The smallest absolute Gasteiger partial charge is 0.254 e. The van der Waals surface area contributed by atoms with Gasteiger partial charge < -0.3 is 9.80 Å². The number of hydrogen-bond donors (Lipinski definition) is 0. The number of benzene rings is 2. The molecule has 1 aliphatic heterocycles. The Morgan fingerprint density at radius 2 is 1.75 bits per heavy atom. The highest BCUT2D eigenvalue weighted by Crippen LogP contribution is 2.24. The van der Waals surface area contributed by atoms with Crippen LogP contribution in [0.5, 0.6) is 0 Å². The van der Waals surface area contributed by atoms with Gasteiger partial charge in [-0.3, -0.25) is 9.59 Å². The highest BCUT2D eigenvalue weighted by Gasteiger charge is 2.35. The fourth-order valence-corrected chi connectivity index (χ4v) is 3.01. The number of nitrogens with zero attached hydrogens (tertiary/aromatic N) is 2. The van der Waals surface area contributed by atoms with Crippen LogP contribution in [0.4, 0.5) is 10.1 Å². The molecule has 2 aromatic carbocycles. The number of carbonyl (C=O) groups is 2. The third-order valence-electron chi connectivity index (χ3n) is 4.41. The van der Waals surface area contributed by atoms with E-state index < -0.39 is 6.04 Å². The summed E-state index contributed by atoms with van der Waals surface area (Å²) in [5.41, 5.74) is 2.29. The lowest BCUT2D eigenvalue weighted by atomic mass is 10.1. The Morgan fingerprint density at radius 3 is 2.42 bits per heavy atom. The van der Waals surface area contributed by atoms with Gasteiger partial charge in [0.2, 0.25) is 5.91 Å². The molecule has 0 spiro atoms. The zero-order chi connectivity index (χ0) is 17.3. The van der Waals surface area contributed by atoms with Gasteiger partial charge in [0, 0.05) is 24.3 Å². The lowest BCUT2D eigenvalue weighted by Crippen LogP contribution is -2.57. The molecule has 1 atom stereocenters. The van der Waals surface area contributed by atoms with Gasteiger partial charge in [0.25, 0.3) is 5.91 Å². The van der Waals surface area contributed by atoms with E-state index in [1.165, 1.54) is 24.3 Å². The highest BCUT2D eigenvalue weighted by atomic mass is 19.1. The fourth-order valence-electron chi connectivity index (χ4n) is 3.01. The van der Waals surface area contributed by atoms with Gasteiger partial charge in [0.1, 0.15) is 11.9 Å². The molecule has 4 nitrogen and oxygen atoms in total. The van der Waals surface area contributed by atoms with Gasteiger partial charge in [0.05, 0.1) is 0 Å². The molecule has 5 heteroatoms. The normalized spacial score (nSPS) is 18.0. The molecule has 0 N–H and O–H groups in total. The van der Waals surface area contributed by atoms with Crippen LogP contribution in [0.3, 0.4) is 0 Å². The van der Waals surface area contributed by atoms with Crippen molar-refractivity contribution < 1.29 is 14.0 Å². The average Bonchev–Trinajstić information content (AvgIpc) is 2.58. The molecule has 0 unspecified atom stereocenters. The number of amides is 2. The van der Waals surface area contributed by atoms with E-state index in [9.17, 15) is 14.0 Å². The Balaban J connectivity index is 1.81. The molecule has 0 aliphatic carbocycles. The van der Waals surface area contributed by atoms with Crippen LogP contribution in [-0.2, 0) is 4.79 Å². The minimum atomic E-state index is -0.559. The first-order valence-corrected chi connectivity index (χ1v) is 7.92. The maximum atomic E-state index is 13.0. The molecule has 1 heterocycles. The SMILES string of the molecule is Cc1ccccc1N1CCN(C(=O)c2ccc(F)cc2)[C@@H](C)C1=O. The average molecular weight is 326 g/mol. The molecule has 2 aromatic rings. The maximum absolute atomic E-state index is 13.0. The number of carbonyl (C=O) groups excluding carboxylic acids is 2. The summed E-state index contributed by atoms with van der Waals surface area (Å²) in [6.07, 6.45) is 0. The Bertz CT molecular complexity index is 773. The molecule has 1 aliphatic rings. The Kier molecular flexibility index (Phi) is 4.34. The van der Waals surface area contributed by atoms with Gasteiger partial charge in [-0.25, -0.2) is 4.39 Å². The second-order valence-electron chi connectivity index (χ2n) is 5.96. The summed E-state index contributed by atoms with van der Waals surface area (Å²) in [6.45, 7) is 4.58. The largest absolute Gasteiger partial charge is 0.325 e. The van der Waals surface area contributed by atoms with E-state index in [0.29, 0.717) is 18.7 Å². The van der Waals surface area contributed by atoms with Gasteiger partial charge in [-0.2, -0.15) is 0 Å². The third kappa shape index (κ3) is 2.89. The third-order valence-corrected chi connectivity index (χ3v) is 4.41. The zero-order valence-electron chi connectivity index (χ0n) is 13.7. The first kappa shape index (κ1) is 16.2. The standard InChI is InChI=1S/C19H19FN2O2/c1-13-5-3-4-6-17(13)22-12-11-21(14(2)18(22)23)19(24)15-7-9-16(20)10-8-15/h3-10,14H,11-12H2,1-2H3/t14-/m0/s1. The summed E-state index contributed by atoms with van der Waals surface area (Å²) in [5.74, 6) is -0.744. The van der Waals surface area contributed by atoms with Gasteiger partial charge in [0.15, 0.2) is 0 Å². The maximum Gasteiger partial charge on any atom is 0.254 e. The van der Waals surface area contributed by atoms with E-state index in [4.69, 9.17) is 0 Å². The molecule has 1 saturated heterocycles. The van der Waals surface area contributed by atoms with Crippen molar-refractivity contribution in [1.29, 1.82) is 0 Å². The molecule has 0 radical (unpaired) electrons.